The maximum Gasteiger partial charge on any atom is 0.472 e. The largest absolute Gasteiger partial charge is 0.472 e. The molecule has 0 radical (unpaired) electrons. The Labute approximate surface area is 513 Å². The number of phosphoric acid groups is 1. The molecule has 83 heavy (non-hydrogen) atoms. The van der Waals surface area contributed by atoms with Gasteiger partial charge in [0.1, 0.15) is 13.2 Å². The van der Waals surface area contributed by atoms with Gasteiger partial charge in [-0.2, -0.15) is 0 Å². The number of nitrogens with one attached hydrogen (secondary N) is 1. The molecule has 1 amide bonds. The van der Waals surface area contributed by atoms with Crippen LogP contribution in [0.1, 0.15) is 277 Å². The van der Waals surface area contributed by atoms with E-state index in [1.165, 1.54) is 167 Å². The van der Waals surface area contributed by atoms with Gasteiger partial charge >= 0.3 is 7.82 Å². The first kappa shape index (κ1) is 79.6. The lowest BCUT2D eigenvalue weighted by molar-refractivity contribution is -0.870. The molecule has 476 valence electrons. The van der Waals surface area contributed by atoms with Gasteiger partial charge in [-0.15, -0.1) is 0 Å². The minimum atomic E-state index is -4.39. The number of rotatable bonds is 61. The molecule has 3 N–H and O–H groups in total. The van der Waals surface area contributed by atoms with E-state index in [0.717, 1.165) is 83.5 Å². The maximum atomic E-state index is 13.0. The smallest absolute Gasteiger partial charge is 0.387 e. The summed E-state index contributed by atoms with van der Waals surface area (Å²) in [6.45, 7) is 4.65. The van der Waals surface area contributed by atoms with Crippen LogP contribution in [0, 0.1) is 0 Å². The number of amides is 1. The highest BCUT2D eigenvalue weighted by Crippen LogP contribution is 2.43. The second kappa shape index (κ2) is 63.2. The van der Waals surface area contributed by atoms with Gasteiger partial charge in [0.05, 0.1) is 39.9 Å². The van der Waals surface area contributed by atoms with Crippen LogP contribution in [0.25, 0.3) is 0 Å². The van der Waals surface area contributed by atoms with Crippen LogP contribution in [-0.2, 0) is 18.4 Å². The third-order valence-electron chi connectivity index (χ3n) is 14.6. The number of likely N-dealkylation sites (N-methyl/N-ethyl adjacent to an activating group) is 1. The van der Waals surface area contributed by atoms with Crippen molar-refractivity contribution in [2.24, 2.45) is 0 Å². The van der Waals surface area contributed by atoms with E-state index in [9.17, 15) is 19.4 Å². The molecule has 0 heterocycles. The Morgan fingerprint density at radius 3 is 1.11 bits per heavy atom. The summed E-state index contributed by atoms with van der Waals surface area (Å²) in [6, 6.07) is -0.907. The number of allylic oxidation sites excluding steroid dienone is 21. The van der Waals surface area contributed by atoms with Crippen LogP contribution in [0.3, 0.4) is 0 Å². The minimum Gasteiger partial charge on any atom is -0.387 e. The van der Waals surface area contributed by atoms with E-state index < -0.39 is 20.0 Å². The lowest BCUT2D eigenvalue weighted by Gasteiger charge is -2.25. The topological polar surface area (TPSA) is 105 Å². The zero-order valence-electron chi connectivity index (χ0n) is 54.4. The zero-order chi connectivity index (χ0) is 60.5. The molecule has 0 saturated heterocycles. The molecule has 3 atom stereocenters. The van der Waals surface area contributed by atoms with Gasteiger partial charge in [-0.25, -0.2) is 4.57 Å². The van der Waals surface area contributed by atoms with Crippen LogP contribution in [-0.4, -0.2) is 73.4 Å². The van der Waals surface area contributed by atoms with E-state index in [0.29, 0.717) is 17.4 Å². The Balaban J connectivity index is 4.27. The standard InChI is InChI=1S/C74H129N2O6P/c1-6-8-10-12-14-16-18-20-22-24-26-28-30-32-34-36-37-38-40-41-43-45-47-49-51-53-55-57-59-61-63-65-67-73(77)72(71-82-83(79,80)81-70-69-76(3,4)5)75-74(78)68-66-64-62-60-58-56-54-52-50-48-46-44-42-39-35-33-31-29-27-25-23-21-19-17-15-13-11-9-7-2/h9,11,15,17,21,23,27,29,33,35,42,44,48,50,54,56-57,59-60,62,65,67,72-73,77H,6-8,10,12-14,16,18-20,22,24-26,28,30-32,34,36-41,43,45-47,49,51-53,55,58,61,63-64,66,68-71H2,1-5H3,(H-,75,78,79,80)/p+1/b11-9-,17-15-,23-21-,29-27-,35-33-,44-42-,50-48-,56-54-,59-57+,62-60-,67-65+. The summed E-state index contributed by atoms with van der Waals surface area (Å²) in [5.41, 5.74) is 0. The molecule has 3 unspecified atom stereocenters. The van der Waals surface area contributed by atoms with Crippen LogP contribution < -0.4 is 5.32 Å². The van der Waals surface area contributed by atoms with E-state index in [1.54, 1.807) is 6.08 Å². The molecule has 0 aromatic carbocycles. The Hall–Kier alpha value is -3.36. The zero-order valence-corrected chi connectivity index (χ0v) is 55.3. The van der Waals surface area contributed by atoms with Crippen molar-refractivity contribution in [1.82, 2.24) is 5.32 Å². The molecule has 0 spiro atoms. The normalized spacial score (nSPS) is 14.5. The van der Waals surface area contributed by atoms with Crippen LogP contribution in [0.5, 0.6) is 0 Å². The van der Waals surface area contributed by atoms with E-state index in [2.05, 4.69) is 141 Å². The molecule has 0 bridgehead atoms. The fourth-order valence-electron chi connectivity index (χ4n) is 9.36. The predicted molar refractivity (Wildman–Crippen MR) is 364 cm³/mol. The summed E-state index contributed by atoms with van der Waals surface area (Å²) < 4.78 is 23.7. The lowest BCUT2D eigenvalue weighted by atomic mass is 10.0. The van der Waals surface area contributed by atoms with E-state index >= 15 is 0 Å². The molecular weight excluding hydrogens is 1040 g/mol. The van der Waals surface area contributed by atoms with E-state index in [1.807, 2.05) is 27.2 Å². The van der Waals surface area contributed by atoms with Crippen LogP contribution in [0.15, 0.2) is 134 Å². The van der Waals surface area contributed by atoms with Gasteiger partial charge in [-0.1, -0.05) is 308 Å². The van der Waals surface area contributed by atoms with Gasteiger partial charge in [0.2, 0.25) is 5.91 Å². The number of hydrogen-bond acceptors (Lipinski definition) is 5. The quantitative estimate of drug-likeness (QED) is 0.0243. The van der Waals surface area contributed by atoms with Crippen LogP contribution in [0.4, 0.5) is 0 Å². The third-order valence-corrected chi connectivity index (χ3v) is 15.6. The number of phosphoric ester groups is 1. The predicted octanol–water partition coefficient (Wildman–Crippen LogP) is 21.8. The van der Waals surface area contributed by atoms with Crippen molar-refractivity contribution in [3.8, 4) is 0 Å². The Morgan fingerprint density at radius 1 is 0.422 bits per heavy atom. The number of aliphatic hydroxyl groups is 1. The molecule has 0 saturated carbocycles. The number of hydrogen-bond donors (Lipinski definition) is 3. The SMILES string of the molecule is CC/C=C\C/C=C\C/C=C\C/C=C\C/C=C\C/C=C\C/C=C\C/C=C\C/C=C\CCCC(=O)NC(COP(=O)(O)OCC[N+](C)(C)C)C(O)/C=C/CC/C=C/CCCCCCCCCCCCCCCCCCCCCCCCCCCC. The minimum absolute atomic E-state index is 0.0378. The summed E-state index contributed by atoms with van der Waals surface area (Å²) >= 11 is 0. The van der Waals surface area contributed by atoms with Crippen molar-refractivity contribution in [3.63, 3.8) is 0 Å². The van der Waals surface area contributed by atoms with Crippen LogP contribution >= 0.6 is 7.82 Å². The highest BCUT2D eigenvalue weighted by molar-refractivity contribution is 7.47. The van der Waals surface area contributed by atoms with Gasteiger partial charge in [-0.3, -0.25) is 13.8 Å². The van der Waals surface area contributed by atoms with Gasteiger partial charge in [0.15, 0.2) is 0 Å². The first-order valence-corrected chi connectivity index (χ1v) is 35.6. The number of carbonyl (C=O) groups is 1. The van der Waals surface area contributed by atoms with Gasteiger partial charge in [-0.05, 0) is 96.3 Å². The Bertz CT molecular complexity index is 1810. The molecule has 0 aromatic rings. The summed E-state index contributed by atoms with van der Waals surface area (Å²) in [5, 5.41) is 13.9. The average Bonchev–Trinajstić information content (AvgIpc) is 3.50. The highest BCUT2D eigenvalue weighted by atomic mass is 31.2. The molecule has 0 rings (SSSR count). The molecule has 0 aliphatic rings. The molecule has 0 aromatic heterocycles. The number of quaternary nitrogens is 1. The van der Waals surface area contributed by atoms with Crippen molar-refractivity contribution >= 4 is 13.7 Å². The summed E-state index contributed by atoms with van der Waals surface area (Å²) in [4.78, 5) is 23.4. The molecule has 9 heteroatoms. The van der Waals surface area contributed by atoms with Crippen molar-refractivity contribution < 1.29 is 32.9 Å². The number of nitrogens with zero attached hydrogens (tertiary/aromatic N) is 1. The highest BCUT2D eigenvalue weighted by Gasteiger charge is 2.27. The van der Waals surface area contributed by atoms with Gasteiger partial charge in [0.25, 0.3) is 0 Å². The molecule has 0 fully saturated rings. The fraction of sp³-hybridized carbons (Fsp3) is 0.689. The van der Waals surface area contributed by atoms with Crippen LogP contribution in [0.2, 0.25) is 0 Å². The monoisotopic (exact) mass is 1170 g/mol. The van der Waals surface area contributed by atoms with Gasteiger partial charge < -0.3 is 19.8 Å². The first-order chi connectivity index (χ1) is 40.5. The lowest BCUT2D eigenvalue weighted by Crippen LogP contribution is -2.45. The second-order valence-corrected chi connectivity index (χ2v) is 25.3. The molecule has 0 aliphatic heterocycles. The Kier molecular flexibility index (Phi) is 60.6. The third kappa shape index (κ3) is 66.0. The first-order valence-electron chi connectivity index (χ1n) is 34.1. The van der Waals surface area contributed by atoms with E-state index in [-0.39, 0.29) is 25.5 Å². The number of unbranched alkanes of at least 4 members (excludes halogenated alkanes) is 28. The molecule has 8 nitrogen and oxygen atoms in total. The number of carbonyl (C=O) groups excluding carboxylic acids is 1. The van der Waals surface area contributed by atoms with Crippen molar-refractivity contribution in [1.29, 1.82) is 0 Å². The van der Waals surface area contributed by atoms with Crippen molar-refractivity contribution in [3.05, 3.63) is 134 Å². The average molecular weight is 1170 g/mol. The summed E-state index contributed by atoms with van der Waals surface area (Å²) in [5.74, 6) is -0.247. The maximum absolute atomic E-state index is 13.0. The number of aliphatic hydroxyl groups excluding tert-OH is 1. The summed E-state index contributed by atoms with van der Waals surface area (Å²) in [6.07, 6.45) is 96.1. The van der Waals surface area contributed by atoms with Crippen molar-refractivity contribution in [2.45, 2.75) is 289 Å². The molecular formula is C74H130N2O6P+. The fourth-order valence-corrected chi connectivity index (χ4v) is 10.1. The van der Waals surface area contributed by atoms with Crippen molar-refractivity contribution in [2.75, 3.05) is 40.9 Å². The summed E-state index contributed by atoms with van der Waals surface area (Å²) in [7, 11) is 1.50. The second-order valence-electron chi connectivity index (χ2n) is 23.8. The van der Waals surface area contributed by atoms with Gasteiger partial charge in [0, 0.05) is 6.42 Å². The van der Waals surface area contributed by atoms with E-state index in [4.69, 9.17) is 9.05 Å². The molecule has 0 aliphatic carbocycles. The Morgan fingerprint density at radius 2 is 0.735 bits per heavy atom.